The third-order valence-electron chi connectivity index (χ3n) is 5.77. The summed E-state index contributed by atoms with van der Waals surface area (Å²) in [6, 6.07) is 10.4. The van der Waals surface area contributed by atoms with Crippen LogP contribution in [0.25, 0.3) is 0 Å². The van der Waals surface area contributed by atoms with Crippen LogP contribution in [-0.4, -0.2) is 44.2 Å². The van der Waals surface area contributed by atoms with Crippen LogP contribution in [0.3, 0.4) is 0 Å². The molecular formula is C22H24ClN3O5S. The van der Waals surface area contributed by atoms with Gasteiger partial charge in [-0.15, -0.1) is 0 Å². The number of aryl methyl sites for hydroxylation is 1. The zero-order valence-electron chi connectivity index (χ0n) is 17.6. The molecule has 170 valence electrons. The van der Waals surface area contributed by atoms with Crippen molar-refractivity contribution in [1.29, 1.82) is 0 Å². The molecule has 1 saturated heterocycles. The quantitative estimate of drug-likeness (QED) is 0.687. The van der Waals surface area contributed by atoms with E-state index in [4.69, 9.17) is 16.3 Å². The Labute approximate surface area is 191 Å². The molecule has 0 aromatic heterocycles. The molecule has 2 aromatic rings. The van der Waals surface area contributed by atoms with Gasteiger partial charge in [0.1, 0.15) is 10.6 Å². The maximum absolute atomic E-state index is 13.2. The second-order valence-corrected chi connectivity index (χ2v) is 10.1. The highest BCUT2D eigenvalue weighted by Gasteiger charge is 2.34. The molecule has 2 N–H and O–H groups in total. The average molecular weight is 478 g/mol. The highest BCUT2D eigenvalue weighted by Crippen LogP contribution is 2.37. The van der Waals surface area contributed by atoms with E-state index in [1.807, 2.05) is 31.2 Å². The van der Waals surface area contributed by atoms with Crippen molar-refractivity contribution >= 4 is 44.8 Å². The number of piperidine rings is 1. The minimum absolute atomic E-state index is 0.00518. The molecule has 0 bridgehead atoms. The zero-order chi connectivity index (χ0) is 22.9. The van der Waals surface area contributed by atoms with Crippen molar-refractivity contribution in [3.63, 3.8) is 0 Å². The van der Waals surface area contributed by atoms with Gasteiger partial charge in [-0.05, 0) is 37.0 Å². The van der Waals surface area contributed by atoms with E-state index in [-0.39, 0.29) is 53.1 Å². The summed E-state index contributed by atoms with van der Waals surface area (Å²) in [5.74, 6) is -0.440. The van der Waals surface area contributed by atoms with Crippen LogP contribution in [0.4, 0.5) is 11.4 Å². The summed E-state index contributed by atoms with van der Waals surface area (Å²) in [5.41, 5.74) is 2.19. The molecule has 0 atom stereocenters. The molecule has 1 fully saturated rings. The number of halogens is 1. The number of carbonyl (C=O) groups excluding carboxylic acids is 2. The van der Waals surface area contributed by atoms with Crippen molar-refractivity contribution in [1.82, 2.24) is 4.31 Å². The molecule has 0 unspecified atom stereocenters. The number of ether oxygens (including phenoxy) is 1. The second-order valence-electron chi connectivity index (χ2n) is 7.79. The molecule has 0 radical (unpaired) electrons. The molecule has 2 aromatic carbocycles. The molecule has 0 aliphatic carbocycles. The Balaban J connectivity index is 1.45. The maximum atomic E-state index is 13.2. The molecule has 2 aliphatic heterocycles. The van der Waals surface area contributed by atoms with E-state index in [1.54, 1.807) is 0 Å². The lowest BCUT2D eigenvalue weighted by atomic mass is 9.97. The summed E-state index contributed by atoms with van der Waals surface area (Å²) in [6.45, 7) is 2.26. The van der Waals surface area contributed by atoms with E-state index >= 15 is 0 Å². The summed E-state index contributed by atoms with van der Waals surface area (Å²) in [6.07, 6.45) is 1.63. The highest BCUT2D eigenvalue weighted by atomic mass is 35.5. The predicted molar refractivity (Wildman–Crippen MR) is 122 cm³/mol. The number of amides is 2. The van der Waals surface area contributed by atoms with Crippen LogP contribution in [0.1, 0.15) is 25.3 Å². The van der Waals surface area contributed by atoms with E-state index < -0.39 is 10.0 Å². The van der Waals surface area contributed by atoms with Gasteiger partial charge < -0.3 is 15.4 Å². The largest absolute Gasteiger partial charge is 0.482 e. The van der Waals surface area contributed by atoms with Crippen LogP contribution in [-0.2, 0) is 26.0 Å². The molecule has 32 heavy (non-hydrogen) atoms. The first-order valence-electron chi connectivity index (χ1n) is 10.4. The predicted octanol–water partition coefficient (Wildman–Crippen LogP) is 3.27. The summed E-state index contributed by atoms with van der Waals surface area (Å²) in [4.78, 5) is 24.1. The number of carbonyl (C=O) groups is 2. The topological polar surface area (TPSA) is 105 Å². The lowest BCUT2D eigenvalue weighted by molar-refractivity contribution is -0.121. The van der Waals surface area contributed by atoms with Crippen molar-refractivity contribution < 1.29 is 22.7 Å². The third kappa shape index (κ3) is 4.46. The number of anilines is 2. The van der Waals surface area contributed by atoms with Crippen molar-refractivity contribution in [3.8, 4) is 5.75 Å². The van der Waals surface area contributed by atoms with Gasteiger partial charge >= 0.3 is 0 Å². The van der Waals surface area contributed by atoms with Gasteiger partial charge in [0.15, 0.2) is 6.61 Å². The number of fused-ring (bicyclic) bond motifs is 1. The summed E-state index contributed by atoms with van der Waals surface area (Å²) < 4.78 is 33.1. The Morgan fingerprint density at radius 2 is 1.97 bits per heavy atom. The van der Waals surface area contributed by atoms with Crippen molar-refractivity contribution in [3.05, 3.63) is 47.0 Å². The Hall–Kier alpha value is -2.62. The third-order valence-corrected chi connectivity index (χ3v) is 8.13. The smallest absolute Gasteiger partial charge is 0.262 e. The van der Waals surface area contributed by atoms with Gasteiger partial charge in [-0.3, -0.25) is 9.59 Å². The Morgan fingerprint density at radius 3 is 2.69 bits per heavy atom. The number of hydrogen-bond donors (Lipinski definition) is 2. The maximum Gasteiger partial charge on any atom is 0.262 e. The van der Waals surface area contributed by atoms with Crippen LogP contribution < -0.4 is 15.4 Å². The molecule has 0 saturated carbocycles. The van der Waals surface area contributed by atoms with Crippen molar-refractivity contribution in [2.75, 3.05) is 30.3 Å². The lowest BCUT2D eigenvalue weighted by Gasteiger charge is -2.31. The highest BCUT2D eigenvalue weighted by molar-refractivity contribution is 7.89. The fourth-order valence-electron chi connectivity index (χ4n) is 3.96. The van der Waals surface area contributed by atoms with Crippen molar-refractivity contribution in [2.24, 2.45) is 5.92 Å². The molecule has 0 spiro atoms. The first-order chi connectivity index (χ1) is 15.3. The zero-order valence-corrected chi connectivity index (χ0v) is 19.1. The minimum Gasteiger partial charge on any atom is -0.482 e. The van der Waals surface area contributed by atoms with Crippen molar-refractivity contribution in [2.45, 2.75) is 31.1 Å². The normalized spacial score (nSPS) is 17.2. The van der Waals surface area contributed by atoms with Crippen LogP contribution in [0.2, 0.25) is 5.02 Å². The van der Waals surface area contributed by atoms with E-state index in [9.17, 15) is 18.0 Å². The second kappa shape index (κ2) is 9.09. The van der Waals surface area contributed by atoms with E-state index in [0.29, 0.717) is 18.5 Å². The standard InChI is InChI=1S/C22H24ClN3O5S/c1-2-14-5-3-4-6-17(14)25-22(28)15-7-9-26(10-8-15)32(29,30)20-12-19-18(11-16(20)23)24-21(27)13-31-19/h3-6,11-12,15H,2,7-10,13H2,1H3,(H,24,27)(H,25,28). The average Bonchev–Trinajstić information content (AvgIpc) is 2.78. The van der Waals surface area contributed by atoms with Crippen LogP contribution in [0.15, 0.2) is 41.3 Å². The number of para-hydroxylation sites is 1. The van der Waals surface area contributed by atoms with Gasteiger partial charge in [-0.2, -0.15) is 4.31 Å². The van der Waals surface area contributed by atoms with Gasteiger partial charge in [0.05, 0.1) is 10.7 Å². The SMILES string of the molecule is CCc1ccccc1NC(=O)C1CCN(S(=O)(=O)c2cc3c(cc2Cl)NC(=O)CO3)CC1. The molecule has 4 rings (SSSR count). The molecule has 2 amide bonds. The van der Waals surface area contributed by atoms with E-state index in [2.05, 4.69) is 10.6 Å². The Bertz CT molecular complexity index is 1160. The first kappa shape index (κ1) is 22.6. The number of nitrogens with one attached hydrogen (secondary N) is 2. The number of sulfonamides is 1. The Morgan fingerprint density at radius 1 is 1.25 bits per heavy atom. The molecule has 2 heterocycles. The number of hydrogen-bond acceptors (Lipinski definition) is 5. The molecular weight excluding hydrogens is 454 g/mol. The van der Waals surface area contributed by atoms with Crippen LogP contribution in [0.5, 0.6) is 5.75 Å². The van der Waals surface area contributed by atoms with E-state index in [0.717, 1.165) is 17.7 Å². The lowest BCUT2D eigenvalue weighted by Crippen LogP contribution is -2.41. The Kier molecular flexibility index (Phi) is 6.41. The minimum atomic E-state index is -3.88. The van der Waals surface area contributed by atoms with Gasteiger partial charge in [0.25, 0.3) is 5.91 Å². The van der Waals surface area contributed by atoms with Gasteiger partial charge in [0.2, 0.25) is 15.9 Å². The molecule has 2 aliphatic rings. The fourth-order valence-corrected chi connectivity index (χ4v) is 5.95. The molecule has 10 heteroatoms. The summed E-state index contributed by atoms with van der Waals surface area (Å²) in [7, 11) is -3.88. The van der Waals surface area contributed by atoms with Gasteiger partial charge in [-0.1, -0.05) is 36.7 Å². The number of rotatable bonds is 5. The summed E-state index contributed by atoms with van der Waals surface area (Å²) >= 11 is 6.23. The fraction of sp³-hybridized carbons (Fsp3) is 0.364. The van der Waals surface area contributed by atoms with Gasteiger partial charge in [-0.25, -0.2) is 8.42 Å². The van der Waals surface area contributed by atoms with E-state index in [1.165, 1.54) is 16.4 Å². The number of nitrogens with zero attached hydrogens (tertiary/aromatic N) is 1. The van der Waals surface area contributed by atoms with Gasteiger partial charge in [0, 0.05) is 30.8 Å². The number of benzene rings is 2. The molecule has 8 nitrogen and oxygen atoms in total. The van der Waals surface area contributed by atoms with Crippen LogP contribution >= 0.6 is 11.6 Å². The van der Waals surface area contributed by atoms with Crippen LogP contribution in [0, 0.1) is 5.92 Å². The monoisotopic (exact) mass is 477 g/mol. The summed E-state index contributed by atoms with van der Waals surface area (Å²) in [5, 5.41) is 5.59. The first-order valence-corrected chi connectivity index (χ1v) is 12.3.